The van der Waals surface area contributed by atoms with E-state index in [2.05, 4.69) is 48.4 Å². The molecule has 0 saturated heterocycles. The number of nitrogens with zero attached hydrogens (tertiary/aromatic N) is 1. The second-order valence-corrected chi connectivity index (χ2v) is 13.6. The Morgan fingerprint density at radius 1 is 1.21 bits per heavy atom. The van der Waals surface area contributed by atoms with Gasteiger partial charge in [0, 0.05) is 36.7 Å². The molecular formula is C23H28N3O2Si+. The molecule has 0 aromatic heterocycles. The molecule has 1 unspecified atom stereocenters. The number of carboxylic acid groups (broad SMARTS) is 1. The first kappa shape index (κ1) is 18.5. The van der Waals surface area contributed by atoms with Gasteiger partial charge in [0.15, 0.2) is 0 Å². The van der Waals surface area contributed by atoms with Crippen molar-refractivity contribution in [1.82, 2.24) is 0 Å². The van der Waals surface area contributed by atoms with Crippen molar-refractivity contribution in [2.75, 3.05) is 18.4 Å². The lowest BCUT2D eigenvalue weighted by Crippen LogP contribution is -2.75. The Hall–Kier alpha value is -2.47. The number of rotatable bonds is 5. The highest BCUT2D eigenvalue weighted by molar-refractivity contribution is 7.04. The molecular weight excluding hydrogens is 378 g/mol. The lowest BCUT2D eigenvalue weighted by atomic mass is 10.1. The van der Waals surface area contributed by atoms with Crippen molar-refractivity contribution >= 4 is 35.8 Å². The summed E-state index contributed by atoms with van der Waals surface area (Å²) in [5.41, 5.74) is 5.55. The highest BCUT2D eigenvalue weighted by Gasteiger charge is 2.45. The fourth-order valence-corrected chi connectivity index (χ4v) is 10.9. The summed E-state index contributed by atoms with van der Waals surface area (Å²) in [7, 11) is -2.19. The van der Waals surface area contributed by atoms with Gasteiger partial charge in [0.25, 0.3) is 0 Å². The van der Waals surface area contributed by atoms with Crippen molar-refractivity contribution in [3.8, 4) is 0 Å². The molecule has 1 atom stereocenters. The number of hydrogen-bond acceptors (Lipinski definition) is 3. The predicted octanol–water partition coefficient (Wildman–Crippen LogP) is 0.0134. The molecule has 5 rings (SSSR count). The molecule has 3 N–H and O–H groups in total. The second-order valence-electron chi connectivity index (χ2n) is 8.89. The number of hydrogen-bond donors (Lipinski definition) is 3. The summed E-state index contributed by atoms with van der Waals surface area (Å²) in [5.74, 6) is -0.704. The van der Waals surface area contributed by atoms with Crippen molar-refractivity contribution in [2.45, 2.75) is 51.1 Å². The molecule has 0 radical (unpaired) electrons. The molecule has 3 aliphatic heterocycles. The predicted molar refractivity (Wildman–Crippen MR) is 116 cm³/mol. The molecule has 2 aromatic carbocycles. The van der Waals surface area contributed by atoms with Gasteiger partial charge in [0.1, 0.15) is 14.6 Å². The monoisotopic (exact) mass is 406 g/mol. The number of nitrogens with one attached hydrogen (secondary N) is 2. The summed E-state index contributed by atoms with van der Waals surface area (Å²) in [5, 5.41) is 18.0. The Morgan fingerprint density at radius 3 is 2.86 bits per heavy atom. The van der Waals surface area contributed by atoms with Crippen molar-refractivity contribution in [1.29, 1.82) is 0 Å². The van der Waals surface area contributed by atoms with Crippen LogP contribution in [-0.4, -0.2) is 32.2 Å². The van der Waals surface area contributed by atoms with Crippen LogP contribution in [0.1, 0.15) is 37.8 Å². The Labute approximate surface area is 171 Å². The molecule has 3 heterocycles. The van der Waals surface area contributed by atoms with Crippen LogP contribution < -0.4 is 31.4 Å². The number of benzene rings is 2. The third kappa shape index (κ3) is 2.84. The van der Waals surface area contributed by atoms with Crippen LogP contribution in [0.5, 0.6) is 0 Å². The molecule has 0 amide bonds. The lowest BCUT2D eigenvalue weighted by molar-refractivity contribution is -0.490. The zero-order chi connectivity index (χ0) is 20.2. The van der Waals surface area contributed by atoms with Gasteiger partial charge in [-0.3, -0.25) is 4.79 Å². The molecule has 0 fully saturated rings. The lowest BCUT2D eigenvalue weighted by Gasteiger charge is -2.39. The molecule has 150 valence electrons. The average Bonchev–Trinajstić information content (AvgIpc) is 3.32. The van der Waals surface area contributed by atoms with Gasteiger partial charge in [0.05, 0.1) is 11.0 Å². The largest absolute Gasteiger partial charge is 0.481 e. The molecule has 3 aliphatic rings. The first-order valence-electron chi connectivity index (χ1n) is 10.7. The quantitative estimate of drug-likeness (QED) is 0.613. The molecule has 0 aliphatic carbocycles. The van der Waals surface area contributed by atoms with E-state index in [4.69, 9.17) is 4.99 Å². The van der Waals surface area contributed by atoms with Crippen molar-refractivity contribution in [2.24, 2.45) is 4.99 Å². The van der Waals surface area contributed by atoms with Gasteiger partial charge in [-0.1, -0.05) is 13.8 Å². The normalized spacial score (nSPS) is 20.8. The number of aliphatic carboxylic acids is 1. The molecule has 0 spiro atoms. The van der Waals surface area contributed by atoms with Crippen LogP contribution in [0.2, 0.25) is 11.6 Å². The van der Waals surface area contributed by atoms with Crippen LogP contribution in [-0.2, 0) is 17.6 Å². The highest BCUT2D eigenvalue weighted by Crippen LogP contribution is 2.35. The highest BCUT2D eigenvalue weighted by atomic mass is 28.3. The van der Waals surface area contributed by atoms with Gasteiger partial charge >= 0.3 is 5.97 Å². The van der Waals surface area contributed by atoms with Crippen LogP contribution >= 0.6 is 0 Å². The van der Waals surface area contributed by atoms with E-state index in [1.165, 1.54) is 32.5 Å². The molecule has 5 nitrogen and oxygen atoms in total. The molecule has 2 aromatic rings. The number of fused-ring (bicyclic) bond motifs is 4. The van der Waals surface area contributed by atoms with E-state index in [9.17, 15) is 9.90 Å². The van der Waals surface area contributed by atoms with E-state index < -0.39 is 14.0 Å². The fraction of sp³-hybridized carbons (Fsp3) is 0.435. The summed E-state index contributed by atoms with van der Waals surface area (Å²) in [4.78, 5) is 20.0. The maximum absolute atomic E-state index is 11.3. The molecule has 0 bridgehead atoms. The Balaban J connectivity index is 1.78. The zero-order valence-corrected chi connectivity index (χ0v) is 18.1. The van der Waals surface area contributed by atoms with Crippen molar-refractivity contribution < 1.29 is 14.9 Å². The van der Waals surface area contributed by atoms with Gasteiger partial charge in [-0.15, -0.1) is 0 Å². The molecule has 0 saturated carbocycles. The van der Waals surface area contributed by atoms with E-state index in [0.29, 0.717) is 12.0 Å². The Kier molecular flexibility index (Phi) is 4.35. The van der Waals surface area contributed by atoms with Crippen LogP contribution in [0.25, 0.3) is 0 Å². The van der Waals surface area contributed by atoms with Crippen molar-refractivity contribution in [3.05, 3.63) is 46.1 Å². The van der Waals surface area contributed by atoms with Crippen LogP contribution in [0.3, 0.4) is 0 Å². The first-order valence-corrected chi connectivity index (χ1v) is 13.0. The van der Waals surface area contributed by atoms with Crippen LogP contribution in [0.15, 0.2) is 29.3 Å². The SMILES string of the molecule is CC(C)[Si]1(CCCC(=O)O)c2cc3c(cc2N=c2cc4c(cc21)=[NH+]CC4)CCN3. The van der Waals surface area contributed by atoms with E-state index in [1.807, 2.05) is 0 Å². The maximum atomic E-state index is 11.3. The summed E-state index contributed by atoms with van der Waals surface area (Å²) in [6, 6.07) is 10.3. The third-order valence-electron chi connectivity index (χ3n) is 7.01. The number of carboxylic acids is 1. The first-order chi connectivity index (χ1) is 14.0. The number of carbonyl (C=O) groups is 1. The molecule has 29 heavy (non-hydrogen) atoms. The minimum Gasteiger partial charge on any atom is -0.481 e. The summed E-state index contributed by atoms with van der Waals surface area (Å²) >= 11 is 0. The fourth-order valence-electron chi connectivity index (χ4n) is 5.54. The average molecular weight is 407 g/mol. The third-order valence-corrected chi connectivity index (χ3v) is 12.8. The van der Waals surface area contributed by atoms with Crippen LogP contribution in [0.4, 0.5) is 11.4 Å². The van der Waals surface area contributed by atoms with E-state index in [-0.39, 0.29) is 6.42 Å². The summed E-state index contributed by atoms with van der Waals surface area (Å²) < 4.78 is 0. The van der Waals surface area contributed by atoms with Crippen LogP contribution in [0, 0.1) is 0 Å². The summed E-state index contributed by atoms with van der Waals surface area (Å²) in [6.45, 7) is 6.62. The van der Waals surface area contributed by atoms with Gasteiger partial charge in [-0.2, -0.15) is 0 Å². The topological polar surface area (TPSA) is 75.7 Å². The molecule has 6 heteroatoms. The smallest absolute Gasteiger partial charge is 0.303 e. The second kappa shape index (κ2) is 6.80. The minimum atomic E-state index is -2.19. The van der Waals surface area contributed by atoms with Gasteiger partial charge in [-0.25, -0.2) is 9.98 Å². The number of anilines is 1. The maximum Gasteiger partial charge on any atom is 0.303 e. The van der Waals surface area contributed by atoms with E-state index in [1.54, 1.807) is 0 Å². The van der Waals surface area contributed by atoms with Gasteiger partial charge in [-0.05, 0) is 58.6 Å². The van der Waals surface area contributed by atoms with Gasteiger partial charge < -0.3 is 10.4 Å². The van der Waals surface area contributed by atoms with E-state index in [0.717, 1.165) is 43.0 Å². The Bertz CT molecular complexity index is 1140. The standard InChI is InChI=1S/C23H27N3O2Si/c1-14(2)29(9-3-4-23(27)28)21-12-17-15(5-7-24-17)10-19(21)26-20-11-16-6-8-25-18(16)13-22(20)29/h10-14,24H,3-9H2,1-2H3,(H,27,28)/p+1. The van der Waals surface area contributed by atoms with Crippen molar-refractivity contribution in [3.63, 3.8) is 0 Å². The Morgan fingerprint density at radius 2 is 2.07 bits per heavy atom. The van der Waals surface area contributed by atoms with Gasteiger partial charge in [0.2, 0.25) is 5.36 Å². The van der Waals surface area contributed by atoms with E-state index >= 15 is 0 Å². The summed E-state index contributed by atoms with van der Waals surface area (Å²) in [6.07, 6.45) is 3.05. The minimum absolute atomic E-state index is 0.232. The zero-order valence-electron chi connectivity index (χ0n) is 17.1.